The van der Waals surface area contributed by atoms with E-state index in [0.717, 1.165) is 15.4 Å². The van der Waals surface area contributed by atoms with E-state index in [1.54, 1.807) is 12.1 Å². The summed E-state index contributed by atoms with van der Waals surface area (Å²) in [6.45, 7) is 3.66. The van der Waals surface area contributed by atoms with Crippen LogP contribution in [0.5, 0.6) is 0 Å². The Morgan fingerprint density at radius 2 is 1.77 bits per heavy atom. The van der Waals surface area contributed by atoms with Crippen molar-refractivity contribution in [1.82, 2.24) is 9.62 Å². The third-order valence-electron chi connectivity index (χ3n) is 4.41. The molecule has 0 saturated heterocycles. The van der Waals surface area contributed by atoms with Gasteiger partial charge in [0.2, 0.25) is 5.91 Å². The third-order valence-corrected chi connectivity index (χ3v) is 6.25. The molecule has 2 aromatic rings. The first-order chi connectivity index (χ1) is 12.3. The Kier molecular flexibility index (Phi) is 4.82. The Balaban J connectivity index is 1.63. The normalized spacial score (nSPS) is 16.2. The van der Waals surface area contributed by atoms with Crippen LogP contribution < -0.4 is 5.32 Å². The summed E-state index contributed by atoms with van der Waals surface area (Å²) in [5.74, 6) is -0.892. The zero-order valence-corrected chi connectivity index (χ0v) is 15.4. The van der Waals surface area contributed by atoms with Crippen LogP contribution in [0.2, 0.25) is 0 Å². The van der Waals surface area contributed by atoms with Crippen LogP contribution in [0.3, 0.4) is 0 Å². The molecule has 0 radical (unpaired) electrons. The molecule has 1 atom stereocenters. The fourth-order valence-electron chi connectivity index (χ4n) is 2.91. The largest absolute Gasteiger partial charge is 0.350 e. The van der Waals surface area contributed by atoms with E-state index in [-0.39, 0.29) is 35.4 Å². The van der Waals surface area contributed by atoms with Crippen LogP contribution in [0, 0.1) is 6.92 Å². The Labute approximate surface area is 152 Å². The van der Waals surface area contributed by atoms with Gasteiger partial charge in [0, 0.05) is 13.0 Å². The number of hydrogen-bond acceptors (Lipinski definition) is 4. The van der Waals surface area contributed by atoms with Crippen molar-refractivity contribution in [1.29, 1.82) is 0 Å². The van der Waals surface area contributed by atoms with E-state index in [0.29, 0.717) is 0 Å². The van der Waals surface area contributed by atoms with Gasteiger partial charge in [-0.15, -0.1) is 0 Å². The summed E-state index contributed by atoms with van der Waals surface area (Å²) in [6, 6.07) is 13.7. The van der Waals surface area contributed by atoms with Gasteiger partial charge in [-0.05, 0) is 31.5 Å². The molecule has 0 fully saturated rings. The smallest absolute Gasteiger partial charge is 0.269 e. The first kappa shape index (κ1) is 18.1. The average molecular weight is 372 g/mol. The number of hydrogen-bond donors (Lipinski definition) is 1. The van der Waals surface area contributed by atoms with E-state index in [1.165, 1.54) is 12.1 Å². The van der Waals surface area contributed by atoms with Gasteiger partial charge >= 0.3 is 0 Å². The summed E-state index contributed by atoms with van der Waals surface area (Å²) in [5.41, 5.74) is 2.24. The topological polar surface area (TPSA) is 83.6 Å². The van der Waals surface area contributed by atoms with Gasteiger partial charge in [-0.2, -0.15) is 0 Å². The van der Waals surface area contributed by atoms with Crippen LogP contribution in [-0.4, -0.2) is 31.1 Å². The minimum absolute atomic E-state index is 0.00145. The Morgan fingerprint density at radius 1 is 1.12 bits per heavy atom. The minimum atomic E-state index is -3.87. The molecule has 0 saturated carbocycles. The Bertz CT molecular complexity index is 952. The molecule has 26 heavy (non-hydrogen) atoms. The highest BCUT2D eigenvalue weighted by atomic mass is 32.2. The van der Waals surface area contributed by atoms with E-state index in [4.69, 9.17) is 0 Å². The lowest BCUT2D eigenvalue weighted by Crippen LogP contribution is -2.35. The molecule has 1 aliphatic heterocycles. The van der Waals surface area contributed by atoms with E-state index in [2.05, 4.69) is 5.32 Å². The molecule has 136 valence electrons. The van der Waals surface area contributed by atoms with E-state index < -0.39 is 15.9 Å². The second kappa shape index (κ2) is 6.92. The van der Waals surface area contributed by atoms with Gasteiger partial charge in [0.25, 0.3) is 15.9 Å². The van der Waals surface area contributed by atoms with Crippen molar-refractivity contribution in [3.8, 4) is 0 Å². The highest BCUT2D eigenvalue weighted by Gasteiger charge is 2.40. The number of amides is 2. The number of sulfonamides is 1. The number of carbonyl (C=O) groups is 2. The van der Waals surface area contributed by atoms with Crippen LogP contribution in [-0.2, 0) is 14.8 Å². The van der Waals surface area contributed by atoms with Crippen molar-refractivity contribution in [2.24, 2.45) is 0 Å². The zero-order chi connectivity index (χ0) is 18.9. The molecule has 1 aliphatic rings. The van der Waals surface area contributed by atoms with Crippen LogP contribution >= 0.6 is 0 Å². The van der Waals surface area contributed by atoms with Crippen molar-refractivity contribution in [2.75, 3.05) is 6.54 Å². The van der Waals surface area contributed by atoms with Crippen LogP contribution in [0.1, 0.15) is 40.9 Å². The maximum atomic E-state index is 12.5. The van der Waals surface area contributed by atoms with Gasteiger partial charge < -0.3 is 5.32 Å². The Morgan fingerprint density at radius 3 is 2.42 bits per heavy atom. The first-order valence-electron chi connectivity index (χ1n) is 8.33. The monoisotopic (exact) mass is 372 g/mol. The Hall–Kier alpha value is -2.67. The molecular formula is C19H20N2O4S. The maximum absolute atomic E-state index is 12.5. The lowest BCUT2D eigenvalue weighted by molar-refractivity contribution is -0.121. The number of nitrogens with one attached hydrogen (secondary N) is 1. The fraction of sp³-hybridized carbons (Fsp3) is 0.263. The summed E-state index contributed by atoms with van der Waals surface area (Å²) < 4.78 is 25.7. The molecule has 2 amide bonds. The summed E-state index contributed by atoms with van der Waals surface area (Å²) in [6.07, 6.45) is -0.0881. The summed E-state index contributed by atoms with van der Waals surface area (Å²) in [5, 5.41) is 2.83. The van der Waals surface area contributed by atoms with E-state index in [9.17, 15) is 18.0 Å². The first-order valence-corrected chi connectivity index (χ1v) is 9.77. The lowest BCUT2D eigenvalue weighted by Gasteiger charge is -2.17. The number of rotatable bonds is 5. The molecule has 1 heterocycles. The number of carbonyl (C=O) groups excluding carboxylic acids is 2. The van der Waals surface area contributed by atoms with Crippen LogP contribution in [0.4, 0.5) is 0 Å². The quantitative estimate of drug-likeness (QED) is 0.874. The molecule has 0 unspecified atom stereocenters. The van der Waals surface area contributed by atoms with Gasteiger partial charge in [0.05, 0.1) is 11.6 Å². The predicted molar refractivity (Wildman–Crippen MR) is 97.0 cm³/mol. The number of benzene rings is 2. The highest BCUT2D eigenvalue weighted by molar-refractivity contribution is 7.90. The van der Waals surface area contributed by atoms with Crippen molar-refractivity contribution < 1.29 is 18.0 Å². The molecule has 0 spiro atoms. The van der Waals surface area contributed by atoms with Crippen molar-refractivity contribution >= 4 is 21.8 Å². The van der Waals surface area contributed by atoms with E-state index in [1.807, 2.05) is 38.1 Å². The molecular weight excluding hydrogens is 352 g/mol. The average Bonchev–Trinajstić information content (AvgIpc) is 2.80. The van der Waals surface area contributed by atoms with Crippen LogP contribution in [0.25, 0.3) is 0 Å². The molecule has 7 heteroatoms. The number of nitrogens with zero attached hydrogens (tertiary/aromatic N) is 1. The maximum Gasteiger partial charge on any atom is 0.269 e. The minimum Gasteiger partial charge on any atom is -0.350 e. The molecule has 1 N–H and O–H groups in total. The second-order valence-electron chi connectivity index (χ2n) is 6.33. The molecule has 2 aromatic carbocycles. The fourth-order valence-corrected chi connectivity index (χ4v) is 4.48. The molecule has 0 aliphatic carbocycles. The van der Waals surface area contributed by atoms with Gasteiger partial charge in [-0.3, -0.25) is 9.59 Å². The standard InChI is InChI=1S/C19H20N2O4S/c1-13-7-9-15(10-8-13)14(2)20-18(22)11-12-21-19(23)16-5-3-4-6-17(16)26(21,24)25/h3-10,14H,11-12H2,1-2H3,(H,20,22)/t14-/m0/s1. The summed E-state index contributed by atoms with van der Waals surface area (Å²) in [7, 11) is -3.87. The molecule has 6 nitrogen and oxygen atoms in total. The van der Waals surface area contributed by atoms with Crippen molar-refractivity contribution in [2.45, 2.75) is 31.2 Å². The number of fused-ring (bicyclic) bond motifs is 1. The summed E-state index contributed by atoms with van der Waals surface area (Å²) >= 11 is 0. The SMILES string of the molecule is Cc1ccc([C@H](C)NC(=O)CCN2C(=O)c3ccccc3S2(=O)=O)cc1. The highest BCUT2D eigenvalue weighted by Crippen LogP contribution is 2.29. The van der Waals surface area contributed by atoms with Gasteiger partial charge in [0.1, 0.15) is 4.90 Å². The molecule has 0 bridgehead atoms. The van der Waals surface area contributed by atoms with Crippen molar-refractivity contribution in [3.63, 3.8) is 0 Å². The van der Waals surface area contributed by atoms with Crippen molar-refractivity contribution in [3.05, 3.63) is 65.2 Å². The predicted octanol–water partition coefficient (Wildman–Crippen LogP) is 2.41. The van der Waals surface area contributed by atoms with Gasteiger partial charge in [0.15, 0.2) is 0 Å². The van der Waals surface area contributed by atoms with E-state index >= 15 is 0 Å². The van der Waals surface area contributed by atoms with Gasteiger partial charge in [-0.1, -0.05) is 42.0 Å². The summed E-state index contributed by atoms with van der Waals surface area (Å²) in [4.78, 5) is 24.5. The second-order valence-corrected chi connectivity index (χ2v) is 8.16. The van der Waals surface area contributed by atoms with Gasteiger partial charge in [-0.25, -0.2) is 12.7 Å². The molecule has 3 rings (SSSR count). The third kappa shape index (κ3) is 3.35. The lowest BCUT2D eigenvalue weighted by atomic mass is 10.1. The van der Waals surface area contributed by atoms with Crippen LogP contribution in [0.15, 0.2) is 53.4 Å². The number of aryl methyl sites for hydroxylation is 1. The molecule has 0 aromatic heterocycles. The zero-order valence-electron chi connectivity index (χ0n) is 14.6.